The number of nitrogens with zero attached hydrogens (tertiary/aromatic N) is 3. The fraction of sp³-hybridized carbons (Fsp3) is 0.667. The first-order valence-electron chi connectivity index (χ1n) is 6.42. The third kappa shape index (κ3) is 4.12. The van der Waals surface area contributed by atoms with E-state index in [1.165, 1.54) is 0 Å². The van der Waals surface area contributed by atoms with Crippen molar-refractivity contribution in [3.05, 3.63) is 12.4 Å². The molecule has 2 N–H and O–H groups in total. The molecule has 0 unspecified atom stereocenters. The summed E-state index contributed by atoms with van der Waals surface area (Å²) in [4.78, 5) is 10.9. The van der Waals surface area contributed by atoms with Crippen LogP contribution in [0.25, 0.3) is 0 Å². The van der Waals surface area contributed by atoms with Crippen molar-refractivity contribution in [3.63, 3.8) is 0 Å². The zero-order chi connectivity index (χ0) is 12.6. The van der Waals surface area contributed by atoms with Gasteiger partial charge in [0.1, 0.15) is 11.6 Å². The van der Waals surface area contributed by atoms with Gasteiger partial charge in [0.05, 0.1) is 25.6 Å². The molecule has 100 valence electrons. The zero-order valence-electron chi connectivity index (χ0n) is 10.9. The number of anilines is 2. The number of aromatic nitrogens is 2. The van der Waals surface area contributed by atoms with E-state index in [2.05, 4.69) is 25.5 Å². The molecule has 1 aromatic heterocycles. The highest BCUT2D eigenvalue weighted by Crippen LogP contribution is 2.05. The molecule has 18 heavy (non-hydrogen) atoms. The Hall–Kier alpha value is -1.40. The average molecular weight is 251 g/mol. The topological polar surface area (TPSA) is 62.3 Å². The fourth-order valence-electron chi connectivity index (χ4n) is 1.92. The minimum absolute atomic E-state index is 0.785. The summed E-state index contributed by atoms with van der Waals surface area (Å²) in [5.74, 6) is 1.61. The van der Waals surface area contributed by atoms with Crippen LogP contribution in [-0.2, 0) is 4.74 Å². The van der Waals surface area contributed by atoms with Gasteiger partial charge in [0.2, 0.25) is 0 Å². The number of morpholine rings is 1. The lowest BCUT2D eigenvalue weighted by Crippen LogP contribution is -2.37. The molecule has 1 fully saturated rings. The fourth-order valence-corrected chi connectivity index (χ4v) is 1.92. The Labute approximate surface area is 108 Å². The van der Waals surface area contributed by atoms with Gasteiger partial charge in [-0.25, -0.2) is 4.98 Å². The maximum atomic E-state index is 5.32. The van der Waals surface area contributed by atoms with Crippen LogP contribution < -0.4 is 10.6 Å². The molecule has 1 aliphatic heterocycles. The molecule has 2 heterocycles. The third-order valence-electron chi connectivity index (χ3n) is 2.95. The zero-order valence-corrected chi connectivity index (χ0v) is 10.9. The van der Waals surface area contributed by atoms with E-state index in [-0.39, 0.29) is 0 Å². The summed E-state index contributed by atoms with van der Waals surface area (Å²) in [6.07, 6.45) is 4.56. The van der Waals surface area contributed by atoms with E-state index in [0.29, 0.717) is 0 Å². The first-order valence-corrected chi connectivity index (χ1v) is 6.42. The average Bonchev–Trinajstić information content (AvgIpc) is 2.45. The van der Waals surface area contributed by atoms with Gasteiger partial charge in [0.15, 0.2) is 0 Å². The first kappa shape index (κ1) is 13.0. The van der Waals surface area contributed by atoms with E-state index in [1.54, 1.807) is 12.4 Å². The Bertz CT molecular complexity index is 354. The molecular weight excluding hydrogens is 230 g/mol. The quantitative estimate of drug-likeness (QED) is 0.724. The van der Waals surface area contributed by atoms with Gasteiger partial charge in [-0.3, -0.25) is 9.88 Å². The monoisotopic (exact) mass is 251 g/mol. The van der Waals surface area contributed by atoms with Crippen molar-refractivity contribution in [3.8, 4) is 0 Å². The molecule has 6 heteroatoms. The van der Waals surface area contributed by atoms with Crippen LogP contribution in [0.5, 0.6) is 0 Å². The van der Waals surface area contributed by atoms with Crippen LogP contribution in [-0.4, -0.2) is 61.3 Å². The predicted octanol–water partition coefficient (Wildman–Crippen LogP) is 0.652. The second-order valence-electron chi connectivity index (χ2n) is 4.27. The summed E-state index contributed by atoms with van der Waals surface area (Å²) in [6, 6.07) is 0. The highest BCUT2D eigenvalue weighted by Gasteiger charge is 2.08. The molecule has 0 aliphatic carbocycles. The summed E-state index contributed by atoms with van der Waals surface area (Å²) in [5.41, 5.74) is 0. The Morgan fingerprint density at radius 3 is 2.83 bits per heavy atom. The SMILES string of the molecule is CNc1cncc(NCCCN2CCOCC2)n1. The van der Waals surface area contributed by atoms with E-state index in [0.717, 1.165) is 57.4 Å². The Morgan fingerprint density at radius 2 is 2.06 bits per heavy atom. The highest BCUT2D eigenvalue weighted by molar-refractivity contribution is 5.40. The van der Waals surface area contributed by atoms with Gasteiger partial charge in [-0.2, -0.15) is 0 Å². The second-order valence-corrected chi connectivity index (χ2v) is 4.27. The Morgan fingerprint density at radius 1 is 1.28 bits per heavy atom. The molecule has 0 bridgehead atoms. The number of hydrogen-bond acceptors (Lipinski definition) is 6. The number of ether oxygens (including phenoxy) is 1. The second kappa shape index (κ2) is 7.13. The summed E-state index contributed by atoms with van der Waals surface area (Å²) in [5, 5.41) is 6.26. The highest BCUT2D eigenvalue weighted by atomic mass is 16.5. The molecule has 1 aromatic rings. The van der Waals surface area contributed by atoms with Crippen LogP contribution in [0.4, 0.5) is 11.6 Å². The van der Waals surface area contributed by atoms with Gasteiger partial charge >= 0.3 is 0 Å². The molecule has 0 radical (unpaired) electrons. The van der Waals surface area contributed by atoms with Crippen LogP contribution in [0.1, 0.15) is 6.42 Å². The molecule has 0 atom stereocenters. The molecule has 1 saturated heterocycles. The third-order valence-corrected chi connectivity index (χ3v) is 2.95. The van der Waals surface area contributed by atoms with Gasteiger partial charge in [-0.05, 0) is 13.0 Å². The van der Waals surface area contributed by atoms with Crippen molar-refractivity contribution < 1.29 is 4.74 Å². The maximum Gasteiger partial charge on any atom is 0.146 e. The Kier molecular flexibility index (Phi) is 5.16. The van der Waals surface area contributed by atoms with Crippen molar-refractivity contribution in [1.29, 1.82) is 0 Å². The molecule has 1 aliphatic rings. The van der Waals surface area contributed by atoms with Crippen LogP contribution in [0, 0.1) is 0 Å². The summed E-state index contributed by atoms with van der Waals surface area (Å²) in [7, 11) is 1.84. The van der Waals surface area contributed by atoms with Gasteiger partial charge in [-0.15, -0.1) is 0 Å². The first-order chi connectivity index (χ1) is 8.88. The van der Waals surface area contributed by atoms with Gasteiger partial charge in [-0.1, -0.05) is 0 Å². The van der Waals surface area contributed by atoms with Crippen molar-refractivity contribution in [1.82, 2.24) is 14.9 Å². The molecule has 0 saturated carbocycles. The van der Waals surface area contributed by atoms with Crippen molar-refractivity contribution in [2.24, 2.45) is 0 Å². The lowest BCUT2D eigenvalue weighted by atomic mass is 10.3. The van der Waals surface area contributed by atoms with Crippen molar-refractivity contribution in [2.45, 2.75) is 6.42 Å². The number of hydrogen-bond donors (Lipinski definition) is 2. The van der Waals surface area contributed by atoms with E-state index >= 15 is 0 Å². The van der Waals surface area contributed by atoms with Crippen LogP contribution in [0.2, 0.25) is 0 Å². The minimum atomic E-state index is 0.785. The Balaban J connectivity index is 1.65. The molecule has 0 amide bonds. The van der Waals surface area contributed by atoms with Crippen LogP contribution >= 0.6 is 0 Å². The van der Waals surface area contributed by atoms with Crippen molar-refractivity contribution in [2.75, 3.05) is 57.1 Å². The van der Waals surface area contributed by atoms with Gasteiger partial charge < -0.3 is 15.4 Å². The normalized spacial score (nSPS) is 16.5. The van der Waals surface area contributed by atoms with Crippen molar-refractivity contribution >= 4 is 11.6 Å². The smallest absolute Gasteiger partial charge is 0.146 e. The standard InChI is InChI=1S/C12H21N5O/c1-13-11-9-14-10-12(16-11)15-3-2-4-17-5-7-18-8-6-17/h9-10H,2-8H2,1H3,(H2,13,15,16). The predicted molar refractivity (Wildman–Crippen MR) is 71.9 cm³/mol. The van der Waals surface area contributed by atoms with Gasteiger partial charge in [0.25, 0.3) is 0 Å². The molecule has 6 nitrogen and oxygen atoms in total. The van der Waals surface area contributed by atoms with Gasteiger partial charge in [0, 0.05) is 26.7 Å². The number of rotatable bonds is 6. The lowest BCUT2D eigenvalue weighted by Gasteiger charge is -2.26. The summed E-state index contributed by atoms with van der Waals surface area (Å²) >= 11 is 0. The van der Waals surface area contributed by atoms with E-state index in [9.17, 15) is 0 Å². The van der Waals surface area contributed by atoms with Crippen LogP contribution in [0.15, 0.2) is 12.4 Å². The maximum absolute atomic E-state index is 5.32. The van der Waals surface area contributed by atoms with E-state index in [1.807, 2.05) is 7.05 Å². The summed E-state index contributed by atoms with van der Waals surface area (Å²) < 4.78 is 5.32. The largest absolute Gasteiger partial charge is 0.379 e. The molecule has 0 aromatic carbocycles. The van der Waals surface area contributed by atoms with E-state index in [4.69, 9.17) is 4.74 Å². The summed E-state index contributed by atoms with van der Waals surface area (Å²) in [6.45, 7) is 5.85. The molecular formula is C12H21N5O. The molecule has 2 rings (SSSR count). The minimum Gasteiger partial charge on any atom is -0.379 e. The lowest BCUT2D eigenvalue weighted by molar-refractivity contribution is 0.0378. The molecule has 0 spiro atoms. The van der Waals surface area contributed by atoms with E-state index < -0.39 is 0 Å². The number of nitrogens with one attached hydrogen (secondary N) is 2. The van der Waals surface area contributed by atoms with Crippen LogP contribution in [0.3, 0.4) is 0 Å².